The average molecular weight is 264 g/mol. The van der Waals surface area contributed by atoms with Crippen molar-refractivity contribution >= 4 is 11.4 Å². The van der Waals surface area contributed by atoms with E-state index in [0.717, 1.165) is 25.1 Å². The Kier molecular flexibility index (Phi) is 4.37. The molecule has 104 valence electrons. The van der Waals surface area contributed by atoms with Gasteiger partial charge >= 0.3 is 0 Å². The molecular weight excluding hydrogens is 244 g/mol. The first-order valence-corrected chi connectivity index (χ1v) is 6.76. The van der Waals surface area contributed by atoms with Crippen LogP contribution >= 0.6 is 0 Å². The zero-order chi connectivity index (χ0) is 13.8. The van der Waals surface area contributed by atoms with Crippen molar-refractivity contribution in [3.63, 3.8) is 0 Å². The molecule has 5 nitrogen and oxygen atoms in total. The number of benzene rings is 1. The molecule has 0 radical (unpaired) electrons. The molecule has 1 N–H and O–H groups in total. The number of aliphatic hydroxyl groups is 1. The van der Waals surface area contributed by atoms with Crippen LogP contribution in [0.3, 0.4) is 0 Å². The first-order valence-electron chi connectivity index (χ1n) is 6.76. The highest BCUT2D eigenvalue weighted by Gasteiger charge is 2.26. The molecule has 0 aliphatic heterocycles. The minimum absolute atomic E-state index is 0.150. The van der Waals surface area contributed by atoms with E-state index in [-0.39, 0.29) is 17.2 Å². The zero-order valence-corrected chi connectivity index (χ0v) is 11.2. The number of anilines is 1. The summed E-state index contributed by atoms with van der Waals surface area (Å²) in [4.78, 5) is 12.9. The van der Waals surface area contributed by atoms with Gasteiger partial charge in [0.05, 0.1) is 4.92 Å². The molecule has 0 atom stereocenters. The lowest BCUT2D eigenvalue weighted by Gasteiger charge is -2.39. The standard InChI is InChI=1S/C14H20N2O3/c1-11-6-7-13(10-14(11)16(18)19)15(8-3-9-17)12-4-2-5-12/h6-7,10,12,17H,2-5,8-9H2,1H3. The second-order valence-electron chi connectivity index (χ2n) is 5.08. The van der Waals surface area contributed by atoms with Crippen molar-refractivity contribution in [2.75, 3.05) is 18.1 Å². The molecule has 19 heavy (non-hydrogen) atoms. The third-order valence-electron chi connectivity index (χ3n) is 3.79. The normalized spacial score (nSPS) is 15.1. The second-order valence-corrected chi connectivity index (χ2v) is 5.08. The number of nitro benzene ring substituents is 1. The van der Waals surface area contributed by atoms with Crippen molar-refractivity contribution in [2.45, 2.75) is 38.6 Å². The summed E-state index contributed by atoms with van der Waals surface area (Å²) in [6, 6.07) is 5.87. The van der Waals surface area contributed by atoms with Gasteiger partial charge < -0.3 is 10.0 Å². The maximum Gasteiger partial charge on any atom is 0.274 e. The van der Waals surface area contributed by atoms with E-state index in [0.29, 0.717) is 18.0 Å². The summed E-state index contributed by atoms with van der Waals surface area (Å²) in [7, 11) is 0. The van der Waals surface area contributed by atoms with Gasteiger partial charge in [-0.2, -0.15) is 0 Å². The number of hydrogen-bond acceptors (Lipinski definition) is 4. The molecule has 1 aliphatic rings. The van der Waals surface area contributed by atoms with Gasteiger partial charge in [-0.25, -0.2) is 0 Å². The summed E-state index contributed by atoms with van der Waals surface area (Å²) < 4.78 is 0. The molecule has 0 unspecified atom stereocenters. The number of aryl methyl sites for hydroxylation is 1. The monoisotopic (exact) mass is 264 g/mol. The van der Waals surface area contributed by atoms with Crippen LogP contribution in [-0.4, -0.2) is 29.2 Å². The molecule has 0 spiro atoms. The fraction of sp³-hybridized carbons (Fsp3) is 0.571. The largest absolute Gasteiger partial charge is 0.396 e. The van der Waals surface area contributed by atoms with Crippen LogP contribution in [0.2, 0.25) is 0 Å². The predicted octanol–water partition coefficient (Wildman–Crippen LogP) is 2.64. The van der Waals surface area contributed by atoms with E-state index in [2.05, 4.69) is 4.90 Å². The van der Waals surface area contributed by atoms with Crippen molar-refractivity contribution in [1.29, 1.82) is 0 Å². The van der Waals surface area contributed by atoms with Gasteiger partial charge in [0, 0.05) is 36.5 Å². The molecule has 1 aliphatic carbocycles. The van der Waals surface area contributed by atoms with Crippen LogP contribution in [0.15, 0.2) is 18.2 Å². The van der Waals surface area contributed by atoms with Crippen molar-refractivity contribution in [1.82, 2.24) is 0 Å². The highest BCUT2D eigenvalue weighted by atomic mass is 16.6. The first-order chi connectivity index (χ1) is 9.13. The zero-order valence-electron chi connectivity index (χ0n) is 11.2. The minimum atomic E-state index is -0.330. The Labute approximate surface area is 113 Å². The van der Waals surface area contributed by atoms with Gasteiger partial charge in [-0.3, -0.25) is 10.1 Å². The second kappa shape index (κ2) is 6.02. The highest BCUT2D eigenvalue weighted by molar-refractivity contribution is 5.57. The van der Waals surface area contributed by atoms with Crippen molar-refractivity contribution in [3.05, 3.63) is 33.9 Å². The molecule has 0 amide bonds. The lowest BCUT2D eigenvalue weighted by atomic mass is 9.90. The Morgan fingerprint density at radius 2 is 2.21 bits per heavy atom. The van der Waals surface area contributed by atoms with Gasteiger partial charge in [-0.05, 0) is 38.7 Å². The third kappa shape index (κ3) is 3.04. The molecule has 1 aromatic carbocycles. The molecule has 1 fully saturated rings. The molecule has 1 saturated carbocycles. The lowest BCUT2D eigenvalue weighted by molar-refractivity contribution is -0.385. The summed E-state index contributed by atoms with van der Waals surface area (Å²) in [5.74, 6) is 0. The van der Waals surface area contributed by atoms with Crippen molar-refractivity contribution in [3.8, 4) is 0 Å². The Balaban J connectivity index is 2.24. The topological polar surface area (TPSA) is 66.6 Å². The smallest absolute Gasteiger partial charge is 0.274 e. The molecule has 0 bridgehead atoms. The number of nitro groups is 1. The van der Waals surface area contributed by atoms with Gasteiger partial charge in [-0.1, -0.05) is 6.07 Å². The average Bonchev–Trinajstić information content (AvgIpc) is 2.32. The van der Waals surface area contributed by atoms with Gasteiger partial charge in [0.1, 0.15) is 0 Å². The fourth-order valence-corrected chi connectivity index (χ4v) is 2.44. The maximum atomic E-state index is 11.0. The van der Waals surface area contributed by atoms with Crippen LogP contribution in [0.25, 0.3) is 0 Å². The third-order valence-corrected chi connectivity index (χ3v) is 3.79. The van der Waals surface area contributed by atoms with Crippen LogP contribution < -0.4 is 4.90 Å². The first kappa shape index (κ1) is 13.8. The van der Waals surface area contributed by atoms with E-state index in [1.165, 1.54) is 6.42 Å². The molecule has 2 rings (SSSR count). The maximum absolute atomic E-state index is 11.0. The van der Waals surface area contributed by atoms with Crippen LogP contribution in [0.1, 0.15) is 31.2 Å². The number of nitrogens with zero attached hydrogens (tertiary/aromatic N) is 2. The van der Waals surface area contributed by atoms with E-state index in [1.807, 2.05) is 6.07 Å². The van der Waals surface area contributed by atoms with Gasteiger partial charge in [0.2, 0.25) is 0 Å². The highest BCUT2D eigenvalue weighted by Crippen LogP contribution is 2.32. The fourth-order valence-electron chi connectivity index (χ4n) is 2.44. The lowest BCUT2D eigenvalue weighted by Crippen LogP contribution is -2.41. The molecule has 0 aromatic heterocycles. The Morgan fingerprint density at radius 3 is 2.74 bits per heavy atom. The number of rotatable bonds is 6. The van der Waals surface area contributed by atoms with E-state index in [9.17, 15) is 10.1 Å². The quantitative estimate of drug-likeness (QED) is 0.633. The predicted molar refractivity (Wildman–Crippen MR) is 74.5 cm³/mol. The SMILES string of the molecule is Cc1ccc(N(CCCO)C2CCC2)cc1[N+](=O)[O-]. The summed E-state index contributed by atoms with van der Waals surface area (Å²) in [5, 5.41) is 20.0. The van der Waals surface area contributed by atoms with E-state index in [4.69, 9.17) is 5.11 Å². The van der Waals surface area contributed by atoms with Crippen LogP contribution in [0, 0.1) is 17.0 Å². The molecule has 5 heteroatoms. The Morgan fingerprint density at radius 1 is 1.47 bits per heavy atom. The van der Waals surface area contributed by atoms with Gasteiger partial charge in [-0.15, -0.1) is 0 Å². The Bertz CT molecular complexity index is 458. The minimum Gasteiger partial charge on any atom is -0.396 e. The van der Waals surface area contributed by atoms with Crippen LogP contribution in [0.4, 0.5) is 11.4 Å². The van der Waals surface area contributed by atoms with Gasteiger partial charge in [0.25, 0.3) is 5.69 Å². The molecule has 0 saturated heterocycles. The number of hydrogen-bond donors (Lipinski definition) is 1. The summed E-state index contributed by atoms with van der Waals surface area (Å²) in [6.45, 7) is 2.65. The Hall–Kier alpha value is -1.62. The molecular formula is C14H20N2O3. The number of aliphatic hydroxyl groups excluding tert-OH is 1. The van der Waals surface area contributed by atoms with Crippen LogP contribution in [-0.2, 0) is 0 Å². The van der Waals surface area contributed by atoms with E-state index < -0.39 is 0 Å². The molecule has 0 heterocycles. The summed E-state index contributed by atoms with van der Waals surface area (Å²) >= 11 is 0. The van der Waals surface area contributed by atoms with Crippen LogP contribution in [0.5, 0.6) is 0 Å². The van der Waals surface area contributed by atoms with Crippen molar-refractivity contribution in [2.24, 2.45) is 0 Å². The summed E-state index contributed by atoms with van der Waals surface area (Å²) in [6.07, 6.45) is 4.17. The summed E-state index contributed by atoms with van der Waals surface area (Å²) in [5.41, 5.74) is 1.76. The van der Waals surface area contributed by atoms with E-state index >= 15 is 0 Å². The van der Waals surface area contributed by atoms with Crippen molar-refractivity contribution < 1.29 is 10.0 Å². The van der Waals surface area contributed by atoms with E-state index in [1.54, 1.807) is 19.1 Å². The van der Waals surface area contributed by atoms with Gasteiger partial charge in [0.15, 0.2) is 0 Å². The molecule has 1 aromatic rings.